The molecule has 1 aromatic rings. The minimum absolute atomic E-state index is 0.0734. The largest absolute Gasteiger partial charge is 0.326 e. The summed E-state index contributed by atoms with van der Waals surface area (Å²) in [6, 6.07) is 6.05. The molecule has 0 spiro atoms. The molecule has 0 unspecified atom stereocenters. The summed E-state index contributed by atoms with van der Waals surface area (Å²) in [5.74, 6) is -0.582. The van der Waals surface area contributed by atoms with Gasteiger partial charge in [0.25, 0.3) is 0 Å². The van der Waals surface area contributed by atoms with E-state index in [1.165, 1.54) is 4.90 Å². The maximum atomic E-state index is 12.5. The number of amides is 3. The molecular formula is C21H28N2O3. The van der Waals surface area contributed by atoms with Crippen LogP contribution in [-0.4, -0.2) is 29.2 Å². The number of fused-ring (bicyclic) bond motifs is 1. The number of para-hydroxylation sites is 1. The van der Waals surface area contributed by atoms with Crippen LogP contribution in [0.3, 0.4) is 0 Å². The van der Waals surface area contributed by atoms with Gasteiger partial charge in [-0.2, -0.15) is 0 Å². The Morgan fingerprint density at radius 1 is 1.04 bits per heavy atom. The molecular weight excluding hydrogens is 328 g/mol. The first kappa shape index (κ1) is 18.6. The summed E-state index contributed by atoms with van der Waals surface area (Å²) in [4.78, 5) is 38.8. The molecule has 0 radical (unpaired) electrons. The van der Waals surface area contributed by atoms with Gasteiger partial charge < -0.3 is 5.32 Å². The zero-order valence-corrected chi connectivity index (χ0v) is 15.7. The fourth-order valence-electron chi connectivity index (χ4n) is 4.27. The van der Waals surface area contributed by atoms with Crippen molar-refractivity contribution in [3.05, 3.63) is 29.3 Å². The van der Waals surface area contributed by atoms with Crippen LogP contribution >= 0.6 is 0 Å². The van der Waals surface area contributed by atoms with Gasteiger partial charge in [0.2, 0.25) is 17.7 Å². The number of anilines is 1. The third-order valence-corrected chi connectivity index (χ3v) is 5.76. The van der Waals surface area contributed by atoms with Crippen LogP contribution in [0.5, 0.6) is 0 Å². The van der Waals surface area contributed by atoms with E-state index in [0.29, 0.717) is 0 Å². The average molecular weight is 356 g/mol. The quantitative estimate of drug-likeness (QED) is 0.795. The molecule has 1 heterocycles. The number of benzene rings is 1. The molecule has 5 heteroatoms. The second-order valence-corrected chi connectivity index (χ2v) is 7.28. The minimum atomic E-state index is -0.146. The summed E-state index contributed by atoms with van der Waals surface area (Å²) < 4.78 is 0. The number of rotatable bonds is 6. The smallest absolute Gasteiger partial charge is 0.233 e. The maximum absolute atomic E-state index is 12.5. The van der Waals surface area contributed by atoms with Crippen molar-refractivity contribution < 1.29 is 14.4 Å². The molecule has 1 saturated heterocycles. The molecule has 0 bridgehead atoms. The summed E-state index contributed by atoms with van der Waals surface area (Å²) in [7, 11) is 0. The van der Waals surface area contributed by atoms with E-state index in [1.807, 2.05) is 18.2 Å². The third kappa shape index (κ3) is 3.53. The lowest BCUT2D eigenvalue weighted by Gasteiger charge is -2.19. The lowest BCUT2D eigenvalue weighted by Crippen LogP contribution is -2.34. The Morgan fingerprint density at radius 2 is 1.58 bits per heavy atom. The number of hydrogen-bond donors (Lipinski definition) is 1. The summed E-state index contributed by atoms with van der Waals surface area (Å²) in [6.07, 6.45) is 5.48. The van der Waals surface area contributed by atoms with Gasteiger partial charge in [-0.15, -0.1) is 0 Å². The van der Waals surface area contributed by atoms with Crippen LogP contribution in [0, 0.1) is 11.8 Å². The molecule has 3 amide bonds. The number of carbonyl (C=O) groups is 3. The highest BCUT2D eigenvalue weighted by Crippen LogP contribution is 2.38. The third-order valence-electron chi connectivity index (χ3n) is 5.76. The number of carbonyl (C=O) groups excluding carboxylic acids is 3. The second kappa shape index (κ2) is 8.02. The zero-order chi connectivity index (χ0) is 18.7. The van der Waals surface area contributed by atoms with E-state index in [9.17, 15) is 14.4 Å². The van der Waals surface area contributed by atoms with Crippen LogP contribution in [0.15, 0.2) is 18.2 Å². The Labute approximate surface area is 155 Å². The number of nitrogens with zero attached hydrogens (tertiary/aromatic N) is 1. The van der Waals surface area contributed by atoms with Crippen molar-refractivity contribution in [1.29, 1.82) is 0 Å². The lowest BCUT2D eigenvalue weighted by atomic mass is 9.81. The summed E-state index contributed by atoms with van der Waals surface area (Å²) in [5.41, 5.74) is 3.10. The molecule has 26 heavy (non-hydrogen) atoms. The van der Waals surface area contributed by atoms with Crippen LogP contribution < -0.4 is 5.32 Å². The van der Waals surface area contributed by atoms with E-state index in [0.717, 1.165) is 55.3 Å². The molecule has 3 rings (SSSR count). The Morgan fingerprint density at radius 3 is 2.08 bits per heavy atom. The topological polar surface area (TPSA) is 66.5 Å². The fourth-order valence-corrected chi connectivity index (χ4v) is 4.27. The van der Waals surface area contributed by atoms with Crippen LogP contribution in [0.25, 0.3) is 0 Å². The van der Waals surface area contributed by atoms with Gasteiger partial charge in [0.05, 0.1) is 11.8 Å². The van der Waals surface area contributed by atoms with E-state index >= 15 is 0 Å². The highest BCUT2D eigenvalue weighted by molar-refractivity contribution is 6.05. The van der Waals surface area contributed by atoms with Gasteiger partial charge in [0.15, 0.2) is 0 Å². The first-order valence-corrected chi connectivity index (χ1v) is 9.82. The summed E-state index contributed by atoms with van der Waals surface area (Å²) in [5, 5.41) is 3.01. The summed E-state index contributed by atoms with van der Waals surface area (Å²) >= 11 is 0. The van der Waals surface area contributed by atoms with E-state index in [1.54, 1.807) is 0 Å². The predicted octanol–water partition coefficient (Wildman–Crippen LogP) is 3.32. The molecule has 140 valence electrons. The van der Waals surface area contributed by atoms with Crippen LogP contribution in [-0.2, 0) is 27.2 Å². The van der Waals surface area contributed by atoms with Gasteiger partial charge in [0, 0.05) is 18.7 Å². The van der Waals surface area contributed by atoms with E-state index < -0.39 is 0 Å². The Hall–Kier alpha value is -2.17. The molecule has 1 aromatic carbocycles. The summed E-state index contributed by atoms with van der Waals surface area (Å²) in [6.45, 7) is 4.31. The Balaban J connectivity index is 1.63. The van der Waals surface area contributed by atoms with Crippen molar-refractivity contribution in [3.8, 4) is 0 Å². The molecule has 5 nitrogen and oxygen atoms in total. The Kier molecular flexibility index (Phi) is 5.74. The number of imide groups is 1. The number of hydrogen-bond acceptors (Lipinski definition) is 3. The molecule has 2 atom stereocenters. The molecule has 0 aromatic heterocycles. The minimum Gasteiger partial charge on any atom is -0.326 e. The standard InChI is InChI=1S/C21H28N2O3/c1-3-14-8-7-9-15(4-2)19(14)22-18(24)12-13-23-20(25)16-10-5-6-11-17(16)21(23)26/h7-9,16-17H,3-6,10-13H2,1-2H3,(H,22,24)/t16-,17+. The molecule has 1 aliphatic carbocycles. The Bertz CT molecular complexity index is 667. The van der Waals surface area contributed by atoms with E-state index in [4.69, 9.17) is 0 Å². The highest BCUT2D eigenvalue weighted by Gasteiger charge is 2.47. The first-order chi connectivity index (χ1) is 12.6. The molecule has 1 aliphatic heterocycles. The van der Waals surface area contributed by atoms with E-state index in [2.05, 4.69) is 19.2 Å². The second-order valence-electron chi connectivity index (χ2n) is 7.28. The molecule has 1 N–H and O–H groups in total. The van der Waals surface area contributed by atoms with Crippen molar-refractivity contribution in [2.24, 2.45) is 11.8 Å². The van der Waals surface area contributed by atoms with Gasteiger partial charge in [-0.25, -0.2) is 0 Å². The normalized spacial score (nSPS) is 22.5. The number of likely N-dealkylation sites (tertiary alicyclic amines) is 1. The molecule has 2 fully saturated rings. The average Bonchev–Trinajstić information content (AvgIpc) is 2.91. The first-order valence-electron chi connectivity index (χ1n) is 9.82. The maximum Gasteiger partial charge on any atom is 0.233 e. The van der Waals surface area contributed by atoms with Gasteiger partial charge in [-0.3, -0.25) is 19.3 Å². The van der Waals surface area contributed by atoms with E-state index in [-0.39, 0.29) is 42.5 Å². The predicted molar refractivity (Wildman–Crippen MR) is 101 cm³/mol. The van der Waals surface area contributed by atoms with Crippen molar-refractivity contribution in [1.82, 2.24) is 4.90 Å². The van der Waals surface area contributed by atoms with Gasteiger partial charge in [-0.1, -0.05) is 44.9 Å². The monoisotopic (exact) mass is 356 g/mol. The van der Waals surface area contributed by atoms with Crippen molar-refractivity contribution in [3.63, 3.8) is 0 Å². The van der Waals surface area contributed by atoms with Crippen LogP contribution in [0.2, 0.25) is 0 Å². The van der Waals surface area contributed by atoms with Gasteiger partial charge in [-0.05, 0) is 36.8 Å². The number of nitrogens with one attached hydrogen (secondary N) is 1. The fraction of sp³-hybridized carbons (Fsp3) is 0.571. The van der Waals surface area contributed by atoms with Gasteiger partial charge in [0.1, 0.15) is 0 Å². The molecule has 2 aliphatic rings. The van der Waals surface area contributed by atoms with Crippen LogP contribution in [0.1, 0.15) is 57.1 Å². The van der Waals surface area contributed by atoms with Crippen molar-refractivity contribution in [2.45, 2.75) is 58.8 Å². The van der Waals surface area contributed by atoms with Crippen molar-refractivity contribution in [2.75, 3.05) is 11.9 Å². The zero-order valence-electron chi connectivity index (χ0n) is 15.7. The van der Waals surface area contributed by atoms with Crippen molar-refractivity contribution >= 4 is 23.4 Å². The number of aryl methyl sites for hydroxylation is 2. The van der Waals surface area contributed by atoms with Crippen LogP contribution in [0.4, 0.5) is 5.69 Å². The molecule has 1 saturated carbocycles. The lowest BCUT2D eigenvalue weighted by molar-refractivity contribution is -0.140. The SMILES string of the molecule is CCc1cccc(CC)c1NC(=O)CCN1C(=O)[C@H]2CCCC[C@H]2C1=O. The van der Waals surface area contributed by atoms with Gasteiger partial charge >= 0.3 is 0 Å². The highest BCUT2D eigenvalue weighted by atomic mass is 16.2.